The summed E-state index contributed by atoms with van der Waals surface area (Å²) >= 11 is 0. The monoisotopic (exact) mass is 482 g/mol. The summed E-state index contributed by atoms with van der Waals surface area (Å²) in [4.78, 5) is 0. The highest BCUT2D eigenvalue weighted by Crippen LogP contribution is 2.47. The van der Waals surface area contributed by atoms with Crippen molar-refractivity contribution in [1.82, 2.24) is 0 Å². The van der Waals surface area contributed by atoms with E-state index in [1.54, 1.807) is 0 Å². The van der Waals surface area contributed by atoms with Crippen LogP contribution in [0.4, 0.5) is 13.2 Å². The third-order valence-electron chi connectivity index (χ3n) is 11.2. The third-order valence-corrected chi connectivity index (χ3v) is 11.2. The molecule has 0 radical (unpaired) electrons. The van der Waals surface area contributed by atoms with Gasteiger partial charge in [-0.05, 0) is 112 Å². The SMILES string of the molecule is CCCC1CCC(C2CCC(CCC3CCC(C4CCC(CC)CC4F)CC3)[C@H](F)C2F)CC1. The first-order valence-corrected chi connectivity index (χ1v) is 15.4. The van der Waals surface area contributed by atoms with Crippen molar-refractivity contribution in [2.45, 2.75) is 148 Å². The molecule has 0 heterocycles. The predicted molar refractivity (Wildman–Crippen MR) is 137 cm³/mol. The zero-order valence-electron chi connectivity index (χ0n) is 22.2. The first-order chi connectivity index (χ1) is 16.5. The molecule has 0 aliphatic heterocycles. The van der Waals surface area contributed by atoms with Crippen LogP contribution in [0, 0.1) is 47.3 Å². The second-order valence-corrected chi connectivity index (χ2v) is 13.1. The van der Waals surface area contributed by atoms with Gasteiger partial charge in [0, 0.05) is 0 Å². The Labute approximate surface area is 208 Å². The Hall–Kier alpha value is -0.210. The van der Waals surface area contributed by atoms with Gasteiger partial charge in [-0.3, -0.25) is 0 Å². The molecule has 0 amide bonds. The van der Waals surface area contributed by atoms with E-state index in [0.29, 0.717) is 29.6 Å². The van der Waals surface area contributed by atoms with Gasteiger partial charge >= 0.3 is 0 Å². The molecular formula is C31H53F3. The zero-order valence-corrected chi connectivity index (χ0v) is 22.2. The van der Waals surface area contributed by atoms with E-state index in [9.17, 15) is 4.39 Å². The van der Waals surface area contributed by atoms with Gasteiger partial charge in [-0.1, -0.05) is 65.2 Å². The molecule has 3 heteroatoms. The van der Waals surface area contributed by atoms with Gasteiger partial charge in [-0.15, -0.1) is 0 Å². The smallest absolute Gasteiger partial charge is 0.134 e. The molecule has 34 heavy (non-hydrogen) atoms. The minimum Gasteiger partial charge on any atom is -0.247 e. The summed E-state index contributed by atoms with van der Waals surface area (Å²) in [5.74, 6) is 3.26. The molecule has 0 spiro atoms. The third kappa shape index (κ3) is 6.56. The fraction of sp³-hybridized carbons (Fsp3) is 1.00. The highest BCUT2D eigenvalue weighted by Gasteiger charge is 2.44. The van der Waals surface area contributed by atoms with Crippen LogP contribution in [-0.2, 0) is 0 Å². The molecule has 0 aromatic carbocycles. The van der Waals surface area contributed by atoms with E-state index < -0.39 is 18.5 Å². The van der Waals surface area contributed by atoms with Gasteiger partial charge in [-0.25, -0.2) is 13.2 Å². The maximum absolute atomic E-state index is 15.2. The first-order valence-electron chi connectivity index (χ1n) is 15.4. The standard InChI is InChI=1S/C31H53F3/c1-3-5-22-6-14-25(15-7-22)28-19-17-26(30(33)31(28)34)16-10-23-8-12-24(13-9-23)27-18-11-21(4-2)20-29(27)32/h21-31H,3-20H2,1-2H3/t21?,22?,23?,24?,25?,26?,27?,28?,29?,30-,31?/m0/s1. The number of halogens is 3. The molecule has 6 unspecified atom stereocenters. The predicted octanol–water partition coefficient (Wildman–Crippen LogP) is 10.0. The van der Waals surface area contributed by atoms with Crippen LogP contribution in [0.1, 0.15) is 129 Å². The fourth-order valence-electron chi connectivity index (χ4n) is 8.81. The Balaban J connectivity index is 1.16. The quantitative estimate of drug-likeness (QED) is 0.323. The summed E-state index contributed by atoms with van der Waals surface area (Å²) in [6.07, 6.45) is 16.8. The highest BCUT2D eigenvalue weighted by molar-refractivity contribution is 4.93. The van der Waals surface area contributed by atoms with E-state index in [-0.39, 0.29) is 11.8 Å². The van der Waals surface area contributed by atoms with Crippen molar-refractivity contribution in [3.63, 3.8) is 0 Å². The average Bonchev–Trinajstić information content (AvgIpc) is 2.86. The lowest BCUT2D eigenvalue weighted by atomic mass is 9.65. The minimum atomic E-state index is -1.25. The lowest BCUT2D eigenvalue weighted by molar-refractivity contribution is -0.0165. The molecular weight excluding hydrogens is 429 g/mol. The average molecular weight is 483 g/mol. The molecule has 0 aromatic rings. The van der Waals surface area contributed by atoms with Crippen LogP contribution < -0.4 is 0 Å². The van der Waals surface area contributed by atoms with E-state index in [2.05, 4.69) is 13.8 Å². The van der Waals surface area contributed by atoms with E-state index in [0.717, 1.165) is 76.5 Å². The molecule has 198 valence electrons. The maximum atomic E-state index is 15.2. The van der Waals surface area contributed by atoms with E-state index in [1.165, 1.54) is 44.9 Å². The van der Waals surface area contributed by atoms with Crippen molar-refractivity contribution >= 4 is 0 Å². The first kappa shape index (κ1) is 26.8. The zero-order chi connectivity index (χ0) is 24.1. The van der Waals surface area contributed by atoms with Crippen LogP contribution in [0.2, 0.25) is 0 Å². The number of rotatable bonds is 8. The van der Waals surface area contributed by atoms with Crippen molar-refractivity contribution in [2.24, 2.45) is 47.3 Å². The molecule has 4 aliphatic carbocycles. The lowest BCUT2D eigenvalue weighted by Crippen LogP contribution is -2.42. The summed E-state index contributed by atoms with van der Waals surface area (Å²) in [5, 5.41) is 0. The van der Waals surface area contributed by atoms with Crippen LogP contribution >= 0.6 is 0 Å². The fourth-order valence-corrected chi connectivity index (χ4v) is 8.81. The van der Waals surface area contributed by atoms with E-state index in [1.807, 2.05) is 0 Å². The van der Waals surface area contributed by atoms with E-state index in [4.69, 9.17) is 0 Å². The molecule has 4 fully saturated rings. The Morgan fingerprint density at radius 3 is 1.68 bits per heavy atom. The summed E-state index contributed by atoms with van der Waals surface area (Å²) in [6.45, 7) is 4.45. The Kier molecular flexibility index (Phi) is 10.1. The van der Waals surface area contributed by atoms with Gasteiger partial charge < -0.3 is 0 Å². The molecule has 4 rings (SSSR count). The van der Waals surface area contributed by atoms with Crippen molar-refractivity contribution in [1.29, 1.82) is 0 Å². The van der Waals surface area contributed by atoms with Crippen molar-refractivity contribution in [2.75, 3.05) is 0 Å². The van der Waals surface area contributed by atoms with Crippen LogP contribution in [0.5, 0.6) is 0 Å². The van der Waals surface area contributed by atoms with Crippen molar-refractivity contribution in [3.05, 3.63) is 0 Å². The molecule has 0 N–H and O–H groups in total. The van der Waals surface area contributed by atoms with Crippen LogP contribution in [0.15, 0.2) is 0 Å². The Morgan fingerprint density at radius 2 is 1.09 bits per heavy atom. The normalized spacial score (nSPS) is 46.3. The number of hydrogen-bond acceptors (Lipinski definition) is 0. The largest absolute Gasteiger partial charge is 0.247 e. The lowest BCUT2D eigenvalue weighted by Gasteiger charge is -2.42. The van der Waals surface area contributed by atoms with Crippen LogP contribution in [0.3, 0.4) is 0 Å². The Morgan fingerprint density at radius 1 is 0.529 bits per heavy atom. The maximum Gasteiger partial charge on any atom is 0.134 e. The van der Waals surface area contributed by atoms with Crippen molar-refractivity contribution < 1.29 is 13.2 Å². The van der Waals surface area contributed by atoms with E-state index >= 15 is 8.78 Å². The molecule has 0 aromatic heterocycles. The van der Waals surface area contributed by atoms with Crippen LogP contribution in [-0.4, -0.2) is 18.5 Å². The summed E-state index contributed by atoms with van der Waals surface area (Å²) in [7, 11) is 0. The van der Waals surface area contributed by atoms with Gasteiger partial charge in [0.1, 0.15) is 18.5 Å². The molecule has 0 nitrogen and oxygen atoms in total. The number of hydrogen-bond donors (Lipinski definition) is 0. The Bertz CT molecular complexity index is 577. The second-order valence-electron chi connectivity index (χ2n) is 13.1. The van der Waals surface area contributed by atoms with Gasteiger partial charge in [-0.2, -0.15) is 0 Å². The molecule has 7 atom stereocenters. The summed E-state index contributed by atoms with van der Waals surface area (Å²) in [5.41, 5.74) is 0. The molecule has 0 bridgehead atoms. The van der Waals surface area contributed by atoms with Gasteiger partial charge in [0.05, 0.1) is 0 Å². The van der Waals surface area contributed by atoms with Crippen molar-refractivity contribution in [3.8, 4) is 0 Å². The minimum absolute atomic E-state index is 0.0271. The number of alkyl halides is 3. The summed E-state index contributed by atoms with van der Waals surface area (Å²) in [6, 6.07) is 0. The summed E-state index contributed by atoms with van der Waals surface area (Å²) < 4.78 is 45.2. The van der Waals surface area contributed by atoms with Gasteiger partial charge in [0.2, 0.25) is 0 Å². The molecule has 0 saturated heterocycles. The highest BCUT2D eigenvalue weighted by atomic mass is 19.2. The molecule has 4 saturated carbocycles. The van der Waals surface area contributed by atoms with Gasteiger partial charge in [0.15, 0.2) is 0 Å². The second kappa shape index (κ2) is 12.8. The topological polar surface area (TPSA) is 0 Å². The van der Waals surface area contributed by atoms with Crippen LogP contribution in [0.25, 0.3) is 0 Å². The van der Waals surface area contributed by atoms with Gasteiger partial charge in [0.25, 0.3) is 0 Å². The molecule has 4 aliphatic rings.